The van der Waals surface area contributed by atoms with Crippen molar-refractivity contribution in [1.29, 1.82) is 0 Å². The van der Waals surface area contributed by atoms with Crippen molar-refractivity contribution in [3.63, 3.8) is 0 Å². The summed E-state index contributed by atoms with van der Waals surface area (Å²) in [5.41, 5.74) is 0. The molecule has 3 rings (SSSR count). The van der Waals surface area contributed by atoms with Crippen molar-refractivity contribution in [2.24, 2.45) is 17.8 Å². The zero-order valence-electron chi connectivity index (χ0n) is 8.89. The fourth-order valence-electron chi connectivity index (χ4n) is 3.72. The Morgan fingerprint density at radius 3 is 2.93 bits per heavy atom. The molecule has 3 fully saturated rings. The molecule has 0 amide bonds. The van der Waals surface area contributed by atoms with Crippen molar-refractivity contribution < 1.29 is 14.3 Å². The van der Waals surface area contributed by atoms with Crippen LogP contribution in [0, 0.1) is 17.8 Å². The Labute approximate surface area is 89.4 Å². The molecule has 3 aliphatic rings. The summed E-state index contributed by atoms with van der Waals surface area (Å²) in [4.78, 5) is 11.2. The van der Waals surface area contributed by atoms with Gasteiger partial charge in [0.2, 0.25) is 0 Å². The van der Waals surface area contributed by atoms with Gasteiger partial charge in [-0.2, -0.15) is 0 Å². The number of rotatable bonds is 2. The summed E-state index contributed by atoms with van der Waals surface area (Å²) >= 11 is 0. The SMILES string of the molecule is C=CC(=O)OC1C2CC3C(C)OC1C3C2. The van der Waals surface area contributed by atoms with Crippen LogP contribution in [0.5, 0.6) is 0 Å². The van der Waals surface area contributed by atoms with E-state index in [2.05, 4.69) is 13.5 Å². The van der Waals surface area contributed by atoms with Gasteiger partial charge in [0.15, 0.2) is 0 Å². The van der Waals surface area contributed by atoms with Crippen LogP contribution in [0.25, 0.3) is 0 Å². The Morgan fingerprint density at radius 2 is 2.20 bits per heavy atom. The molecule has 82 valence electrons. The van der Waals surface area contributed by atoms with Crippen LogP contribution in [0.15, 0.2) is 12.7 Å². The van der Waals surface area contributed by atoms with Crippen LogP contribution in [0.2, 0.25) is 0 Å². The van der Waals surface area contributed by atoms with Crippen LogP contribution in [-0.4, -0.2) is 24.3 Å². The molecule has 15 heavy (non-hydrogen) atoms. The van der Waals surface area contributed by atoms with Gasteiger partial charge < -0.3 is 9.47 Å². The van der Waals surface area contributed by atoms with Crippen LogP contribution in [-0.2, 0) is 14.3 Å². The maximum absolute atomic E-state index is 11.2. The molecule has 3 nitrogen and oxygen atoms in total. The second kappa shape index (κ2) is 3.08. The average Bonchev–Trinajstić information content (AvgIpc) is 2.81. The van der Waals surface area contributed by atoms with E-state index in [9.17, 15) is 4.79 Å². The molecular weight excluding hydrogens is 192 g/mol. The van der Waals surface area contributed by atoms with E-state index in [0.29, 0.717) is 23.9 Å². The predicted octanol–water partition coefficient (Wildman–Crippen LogP) is 1.53. The normalized spacial score (nSPS) is 50.7. The fraction of sp³-hybridized carbons (Fsp3) is 0.750. The number of esters is 1. The Morgan fingerprint density at radius 1 is 1.47 bits per heavy atom. The number of fused-ring (bicyclic) bond motifs is 1. The number of hydrogen-bond acceptors (Lipinski definition) is 3. The number of carbonyl (C=O) groups excluding carboxylic acids is 1. The fourth-order valence-corrected chi connectivity index (χ4v) is 3.72. The molecule has 2 aliphatic carbocycles. The molecule has 3 heteroatoms. The molecule has 0 aromatic heterocycles. The highest BCUT2D eigenvalue weighted by molar-refractivity contribution is 5.81. The third kappa shape index (κ3) is 1.19. The maximum atomic E-state index is 11.2. The van der Waals surface area contributed by atoms with Gasteiger partial charge in [-0.3, -0.25) is 0 Å². The summed E-state index contributed by atoms with van der Waals surface area (Å²) in [6.07, 6.45) is 4.07. The molecule has 0 aromatic carbocycles. The van der Waals surface area contributed by atoms with E-state index in [-0.39, 0.29) is 18.2 Å². The first-order chi connectivity index (χ1) is 7.20. The molecule has 0 aromatic rings. The molecular formula is C12H16O3. The minimum Gasteiger partial charge on any atom is -0.456 e. The van der Waals surface area contributed by atoms with Crippen molar-refractivity contribution in [2.75, 3.05) is 0 Å². The van der Waals surface area contributed by atoms with Gasteiger partial charge in [0.1, 0.15) is 6.10 Å². The van der Waals surface area contributed by atoms with Gasteiger partial charge in [0.25, 0.3) is 0 Å². The van der Waals surface area contributed by atoms with Crippen molar-refractivity contribution in [2.45, 2.75) is 38.1 Å². The quantitative estimate of drug-likeness (QED) is 0.510. The first-order valence-electron chi connectivity index (χ1n) is 5.69. The average molecular weight is 208 g/mol. The van der Waals surface area contributed by atoms with Gasteiger partial charge in [-0.15, -0.1) is 0 Å². The zero-order valence-corrected chi connectivity index (χ0v) is 8.89. The summed E-state index contributed by atoms with van der Waals surface area (Å²) < 4.78 is 11.3. The summed E-state index contributed by atoms with van der Waals surface area (Å²) in [5.74, 6) is 1.55. The molecule has 6 unspecified atom stereocenters. The van der Waals surface area contributed by atoms with Gasteiger partial charge in [-0.1, -0.05) is 6.58 Å². The van der Waals surface area contributed by atoms with E-state index >= 15 is 0 Å². The third-order valence-electron chi connectivity index (χ3n) is 4.30. The molecule has 1 saturated heterocycles. The van der Waals surface area contributed by atoms with Crippen molar-refractivity contribution >= 4 is 5.97 Å². The largest absolute Gasteiger partial charge is 0.456 e. The molecule has 0 N–H and O–H groups in total. The summed E-state index contributed by atoms with van der Waals surface area (Å²) in [6.45, 7) is 5.56. The van der Waals surface area contributed by atoms with Crippen LogP contribution < -0.4 is 0 Å². The van der Waals surface area contributed by atoms with E-state index in [0.717, 1.165) is 6.42 Å². The molecule has 0 radical (unpaired) electrons. The highest BCUT2D eigenvalue weighted by Gasteiger charge is 2.61. The second-order valence-corrected chi connectivity index (χ2v) is 4.97. The number of hydrogen-bond donors (Lipinski definition) is 0. The highest BCUT2D eigenvalue weighted by atomic mass is 16.6. The Balaban J connectivity index is 1.78. The smallest absolute Gasteiger partial charge is 0.330 e. The third-order valence-corrected chi connectivity index (χ3v) is 4.30. The molecule has 1 aliphatic heterocycles. The molecule has 6 atom stereocenters. The standard InChI is InChI=1S/C12H16O3/c1-3-10(13)15-11-7-4-8-6(2)14-12(11)9(8)5-7/h3,6-9,11-12H,1,4-5H2,2H3. The minimum atomic E-state index is -0.313. The van der Waals surface area contributed by atoms with E-state index in [4.69, 9.17) is 9.47 Å². The van der Waals surface area contributed by atoms with Crippen molar-refractivity contribution in [3.05, 3.63) is 12.7 Å². The Kier molecular flexibility index (Phi) is 1.93. The maximum Gasteiger partial charge on any atom is 0.330 e. The van der Waals surface area contributed by atoms with Gasteiger partial charge in [-0.05, 0) is 37.5 Å². The molecule has 2 saturated carbocycles. The summed E-state index contributed by atoms with van der Waals surface area (Å²) in [6, 6.07) is 0. The lowest BCUT2D eigenvalue weighted by atomic mass is 9.85. The van der Waals surface area contributed by atoms with Crippen LogP contribution >= 0.6 is 0 Å². The summed E-state index contributed by atoms with van der Waals surface area (Å²) in [5, 5.41) is 0. The van der Waals surface area contributed by atoms with E-state index < -0.39 is 0 Å². The zero-order chi connectivity index (χ0) is 10.6. The molecule has 0 spiro atoms. The van der Waals surface area contributed by atoms with Gasteiger partial charge in [0.05, 0.1) is 12.2 Å². The second-order valence-electron chi connectivity index (χ2n) is 4.97. The molecule has 1 heterocycles. The Bertz CT molecular complexity index is 312. The first-order valence-corrected chi connectivity index (χ1v) is 5.69. The van der Waals surface area contributed by atoms with Crippen LogP contribution in [0.3, 0.4) is 0 Å². The van der Waals surface area contributed by atoms with Crippen molar-refractivity contribution in [1.82, 2.24) is 0 Å². The first kappa shape index (κ1) is 9.40. The van der Waals surface area contributed by atoms with Crippen molar-refractivity contribution in [3.8, 4) is 0 Å². The van der Waals surface area contributed by atoms with Gasteiger partial charge in [0, 0.05) is 6.08 Å². The van der Waals surface area contributed by atoms with Gasteiger partial charge in [-0.25, -0.2) is 4.79 Å². The minimum absolute atomic E-state index is 0.0123. The highest BCUT2D eigenvalue weighted by Crippen LogP contribution is 2.57. The topological polar surface area (TPSA) is 35.5 Å². The Hall–Kier alpha value is -0.830. The van der Waals surface area contributed by atoms with E-state index in [1.807, 2.05) is 0 Å². The van der Waals surface area contributed by atoms with E-state index in [1.165, 1.54) is 12.5 Å². The van der Waals surface area contributed by atoms with Crippen LogP contribution in [0.4, 0.5) is 0 Å². The predicted molar refractivity (Wildman–Crippen MR) is 54.1 cm³/mol. The van der Waals surface area contributed by atoms with E-state index in [1.54, 1.807) is 0 Å². The van der Waals surface area contributed by atoms with Gasteiger partial charge >= 0.3 is 5.97 Å². The lowest BCUT2D eigenvalue weighted by Gasteiger charge is -2.25. The lowest BCUT2D eigenvalue weighted by Crippen LogP contribution is -2.35. The lowest BCUT2D eigenvalue weighted by molar-refractivity contribution is -0.152. The van der Waals surface area contributed by atoms with Crippen LogP contribution in [0.1, 0.15) is 19.8 Å². The number of ether oxygens (including phenoxy) is 2. The number of carbonyl (C=O) groups is 1. The summed E-state index contributed by atoms with van der Waals surface area (Å²) in [7, 11) is 0. The monoisotopic (exact) mass is 208 g/mol. The molecule has 2 bridgehead atoms.